The molecule has 12 heteroatoms. The van der Waals surface area contributed by atoms with Crippen LogP contribution in [0.1, 0.15) is 18.1 Å². The Balaban J connectivity index is 1.91. The summed E-state index contributed by atoms with van der Waals surface area (Å²) >= 11 is 0. The Labute approximate surface area is 208 Å². The van der Waals surface area contributed by atoms with Crippen LogP contribution in [0.5, 0.6) is 17.2 Å². The molecule has 0 aromatic heterocycles. The Morgan fingerprint density at radius 3 is 2.24 bits per heavy atom. The molecule has 0 aliphatic carbocycles. The van der Waals surface area contributed by atoms with E-state index in [2.05, 4.69) is 21.3 Å². The van der Waals surface area contributed by atoms with Crippen LogP contribution in [0.3, 0.4) is 0 Å². The maximum Gasteiger partial charge on any atom is 0.573 e. The lowest BCUT2D eigenvalue weighted by Gasteiger charge is -2.14. The second-order valence-corrected chi connectivity index (χ2v) is 7.21. The number of carboxylic acid groups (broad SMARTS) is 1. The van der Waals surface area contributed by atoms with Gasteiger partial charge in [0.25, 0.3) is 0 Å². The van der Waals surface area contributed by atoms with E-state index in [1.165, 1.54) is 6.08 Å². The van der Waals surface area contributed by atoms with Gasteiger partial charge in [-0.05, 0) is 42.8 Å². The smallest absolute Gasteiger partial charge is 0.490 e. The maximum atomic E-state index is 12.6. The minimum absolute atomic E-state index is 0.0847. The second kappa shape index (κ2) is 13.5. The van der Waals surface area contributed by atoms with Crippen molar-refractivity contribution in [1.82, 2.24) is 0 Å². The van der Waals surface area contributed by atoms with Crippen LogP contribution in [-0.4, -0.2) is 43.1 Å². The van der Waals surface area contributed by atoms with Crippen molar-refractivity contribution in [2.45, 2.75) is 38.6 Å². The zero-order valence-corrected chi connectivity index (χ0v) is 19.4. The molecule has 0 spiro atoms. The fraction of sp³-hybridized carbons (Fsp3) is 0.320. The highest BCUT2D eigenvalue weighted by molar-refractivity contribution is 5.72. The van der Waals surface area contributed by atoms with Crippen molar-refractivity contribution >= 4 is 5.97 Å². The predicted octanol–water partition coefficient (Wildman–Crippen LogP) is 5.70. The monoisotopic (exact) mass is 532 g/mol. The summed E-state index contributed by atoms with van der Waals surface area (Å²) in [6, 6.07) is 9.09. The molecule has 0 saturated carbocycles. The van der Waals surface area contributed by atoms with Crippen LogP contribution in [0.2, 0.25) is 0 Å². The van der Waals surface area contributed by atoms with E-state index in [9.17, 15) is 31.1 Å². The normalized spacial score (nSPS) is 12.5. The number of rotatable bonds is 11. The molecular formula is C25H22F6O6. The molecule has 0 saturated heterocycles. The summed E-state index contributed by atoms with van der Waals surface area (Å²) in [4.78, 5) is 11.2. The lowest BCUT2D eigenvalue weighted by atomic mass is 10.1. The van der Waals surface area contributed by atoms with Gasteiger partial charge in [-0.15, -0.1) is 26.3 Å². The Morgan fingerprint density at radius 2 is 1.65 bits per heavy atom. The van der Waals surface area contributed by atoms with Gasteiger partial charge in [0, 0.05) is 31.1 Å². The van der Waals surface area contributed by atoms with Crippen molar-refractivity contribution in [1.29, 1.82) is 0 Å². The standard InChI is InChI=1S/C25H22F6O6/c1-2-34-22(23(32)33)15-17-8-11-19(12-9-17)35-14-6-4-3-5-7-18-10-13-20(36-24(26,27)28)16-21(18)37-25(29,30)31/h4,6,8-13,16,22H,2,7,14-15H2,1H3,(H,32,33)/b6-4+/t22-/m0/s1. The van der Waals surface area contributed by atoms with E-state index in [-0.39, 0.29) is 31.6 Å². The molecule has 2 aromatic carbocycles. The molecule has 37 heavy (non-hydrogen) atoms. The van der Waals surface area contributed by atoms with Gasteiger partial charge in [0.15, 0.2) is 6.10 Å². The van der Waals surface area contributed by atoms with Gasteiger partial charge in [-0.25, -0.2) is 4.79 Å². The number of hydrogen-bond acceptors (Lipinski definition) is 5. The summed E-state index contributed by atoms with van der Waals surface area (Å²) in [7, 11) is 0. The van der Waals surface area contributed by atoms with Crippen LogP contribution in [0, 0.1) is 11.8 Å². The van der Waals surface area contributed by atoms with Crippen LogP contribution >= 0.6 is 0 Å². The Hall–Kier alpha value is -3.85. The summed E-state index contributed by atoms with van der Waals surface area (Å²) in [5.74, 6) is 2.92. The minimum Gasteiger partial charge on any atom is -0.490 e. The first-order chi connectivity index (χ1) is 17.4. The zero-order valence-electron chi connectivity index (χ0n) is 19.4. The molecule has 2 aromatic rings. The van der Waals surface area contributed by atoms with E-state index in [0.717, 1.165) is 17.7 Å². The van der Waals surface area contributed by atoms with Crippen LogP contribution in [-0.2, 0) is 22.4 Å². The van der Waals surface area contributed by atoms with E-state index in [1.807, 2.05) is 0 Å². The van der Waals surface area contributed by atoms with Gasteiger partial charge in [-0.1, -0.05) is 30.0 Å². The molecule has 2 rings (SSSR count). The number of carboxylic acids is 1. The molecule has 1 atom stereocenters. The van der Waals surface area contributed by atoms with E-state index in [4.69, 9.17) is 14.6 Å². The molecule has 0 aliphatic rings. The number of ether oxygens (including phenoxy) is 4. The summed E-state index contributed by atoms with van der Waals surface area (Å²) in [5, 5.41) is 9.13. The second-order valence-electron chi connectivity index (χ2n) is 7.21. The number of alkyl halides is 6. The van der Waals surface area contributed by atoms with Crippen molar-refractivity contribution in [3.63, 3.8) is 0 Å². The highest BCUT2D eigenvalue weighted by Crippen LogP contribution is 2.32. The number of benzene rings is 2. The van der Waals surface area contributed by atoms with Crippen LogP contribution in [0.4, 0.5) is 26.3 Å². The Morgan fingerprint density at radius 1 is 1.00 bits per heavy atom. The minimum atomic E-state index is -5.12. The zero-order chi connectivity index (χ0) is 27.5. The first-order valence-corrected chi connectivity index (χ1v) is 10.7. The highest BCUT2D eigenvalue weighted by atomic mass is 19.4. The highest BCUT2D eigenvalue weighted by Gasteiger charge is 2.34. The lowest BCUT2D eigenvalue weighted by Crippen LogP contribution is -2.26. The van der Waals surface area contributed by atoms with E-state index in [0.29, 0.717) is 11.8 Å². The topological polar surface area (TPSA) is 74.2 Å². The van der Waals surface area contributed by atoms with Crippen molar-refractivity contribution in [2.24, 2.45) is 0 Å². The first kappa shape index (κ1) is 29.4. The van der Waals surface area contributed by atoms with Crippen LogP contribution in [0.15, 0.2) is 54.6 Å². The molecular weight excluding hydrogens is 510 g/mol. The summed E-state index contributed by atoms with van der Waals surface area (Å²) < 4.78 is 93.0. The number of aliphatic carboxylic acids is 1. The fourth-order valence-electron chi connectivity index (χ4n) is 2.91. The lowest BCUT2D eigenvalue weighted by molar-refractivity contribution is -0.276. The molecule has 200 valence electrons. The van der Waals surface area contributed by atoms with Crippen molar-refractivity contribution in [2.75, 3.05) is 13.2 Å². The molecule has 0 bridgehead atoms. The average Bonchev–Trinajstić information content (AvgIpc) is 2.78. The fourth-order valence-corrected chi connectivity index (χ4v) is 2.91. The first-order valence-electron chi connectivity index (χ1n) is 10.7. The van der Waals surface area contributed by atoms with Gasteiger partial charge in [0.1, 0.15) is 23.9 Å². The maximum absolute atomic E-state index is 12.6. The van der Waals surface area contributed by atoms with Gasteiger partial charge in [0.2, 0.25) is 0 Å². The van der Waals surface area contributed by atoms with E-state index < -0.39 is 36.3 Å². The third-order valence-electron chi connectivity index (χ3n) is 4.41. The van der Waals surface area contributed by atoms with Crippen molar-refractivity contribution in [3.8, 4) is 29.1 Å². The SMILES string of the molecule is CCO[C@@H](Cc1ccc(OC/C=C/C#CCc2ccc(OC(F)(F)F)cc2OC(F)(F)F)cc1)C(=O)O. The molecule has 0 radical (unpaired) electrons. The van der Waals surface area contributed by atoms with Crippen molar-refractivity contribution < 1.29 is 55.2 Å². The molecule has 0 unspecified atom stereocenters. The molecule has 0 fully saturated rings. The molecule has 0 amide bonds. The number of hydrogen-bond donors (Lipinski definition) is 1. The van der Waals surface area contributed by atoms with Gasteiger partial charge in [-0.2, -0.15) is 0 Å². The number of carbonyl (C=O) groups is 1. The van der Waals surface area contributed by atoms with Gasteiger partial charge in [-0.3, -0.25) is 0 Å². The third-order valence-corrected chi connectivity index (χ3v) is 4.41. The number of allylic oxidation sites excluding steroid dienone is 1. The summed E-state index contributed by atoms with van der Waals surface area (Å²) in [5.41, 5.74) is 0.667. The van der Waals surface area contributed by atoms with E-state index in [1.54, 1.807) is 37.3 Å². The third kappa shape index (κ3) is 11.6. The van der Waals surface area contributed by atoms with E-state index >= 15 is 0 Å². The van der Waals surface area contributed by atoms with Gasteiger partial charge >= 0.3 is 18.7 Å². The van der Waals surface area contributed by atoms with Gasteiger partial charge < -0.3 is 24.1 Å². The summed E-state index contributed by atoms with van der Waals surface area (Å²) in [6.45, 7) is 2.11. The average molecular weight is 532 g/mol. The van der Waals surface area contributed by atoms with Crippen molar-refractivity contribution in [3.05, 3.63) is 65.7 Å². The number of halogens is 6. The van der Waals surface area contributed by atoms with Gasteiger partial charge in [0.05, 0.1) is 0 Å². The molecule has 1 N–H and O–H groups in total. The predicted molar refractivity (Wildman–Crippen MR) is 119 cm³/mol. The molecule has 0 heterocycles. The van der Waals surface area contributed by atoms with Crippen LogP contribution in [0.25, 0.3) is 0 Å². The summed E-state index contributed by atoms with van der Waals surface area (Å²) in [6.07, 6.45) is -8.21. The Kier molecular flexibility index (Phi) is 10.7. The molecule has 0 aliphatic heterocycles. The largest absolute Gasteiger partial charge is 0.573 e. The molecule has 6 nitrogen and oxygen atoms in total. The van der Waals surface area contributed by atoms with Crippen LogP contribution < -0.4 is 14.2 Å². The quantitative estimate of drug-likeness (QED) is 0.296. The Bertz CT molecular complexity index is 1110.